The smallest absolute Gasteiger partial charge is 0.272 e. The first kappa shape index (κ1) is 12.3. The molecule has 0 aromatic carbocycles. The quantitative estimate of drug-likeness (QED) is 0.893. The number of aromatic amines is 1. The fourth-order valence-electron chi connectivity index (χ4n) is 2.42. The molecule has 0 aliphatic heterocycles. The highest BCUT2D eigenvalue weighted by atomic mass is 32.1. The Bertz CT molecular complexity index is 561. The van der Waals surface area contributed by atoms with Crippen molar-refractivity contribution >= 4 is 17.2 Å². The summed E-state index contributed by atoms with van der Waals surface area (Å²) < 4.78 is 0. The van der Waals surface area contributed by atoms with Crippen LogP contribution in [0.5, 0.6) is 0 Å². The molecular weight excluding hydrogens is 260 g/mol. The number of carbonyl (C=O) groups excluding carboxylic acids is 1. The number of thiazole rings is 1. The van der Waals surface area contributed by atoms with Crippen LogP contribution in [0.25, 0.3) is 0 Å². The monoisotopic (exact) mass is 276 g/mol. The molecule has 0 saturated carbocycles. The fraction of sp³-hybridized carbons (Fsp3) is 0.462. The van der Waals surface area contributed by atoms with Crippen LogP contribution in [-0.4, -0.2) is 27.6 Å². The normalized spacial score (nSPS) is 14.1. The molecule has 0 radical (unpaired) electrons. The van der Waals surface area contributed by atoms with Crippen LogP contribution in [0, 0.1) is 0 Å². The lowest BCUT2D eigenvalue weighted by Gasteiger charge is -2.10. The maximum Gasteiger partial charge on any atom is 0.272 e. The molecule has 0 atom stereocenters. The zero-order chi connectivity index (χ0) is 13.1. The van der Waals surface area contributed by atoms with E-state index in [4.69, 9.17) is 0 Å². The van der Waals surface area contributed by atoms with Crippen molar-refractivity contribution in [2.45, 2.75) is 32.1 Å². The molecule has 5 nitrogen and oxygen atoms in total. The Balaban J connectivity index is 1.59. The Kier molecular flexibility index (Phi) is 3.59. The van der Waals surface area contributed by atoms with Crippen molar-refractivity contribution in [3.8, 4) is 0 Å². The lowest BCUT2D eigenvalue weighted by atomic mass is 9.96. The second-order valence-electron chi connectivity index (χ2n) is 4.72. The molecule has 1 amide bonds. The molecule has 2 heterocycles. The van der Waals surface area contributed by atoms with Gasteiger partial charge in [-0.05, 0) is 25.7 Å². The SMILES string of the molecule is O=C(NCCc1cscn1)c1n[nH]c2c1CCCC2. The lowest BCUT2D eigenvalue weighted by molar-refractivity contribution is 0.0948. The summed E-state index contributed by atoms with van der Waals surface area (Å²) in [5.41, 5.74) is 5.65. The molecule has 1 aliphatic carbocycles. The number of fused-ring (bicyclic) bond motifs is 1. The molecule has 1 aliphatic rings. The summed E-state index contributed by atoms with van der Waals surface area (Å²) in [6, 6.07) is 0. The first-order chi connectivity index (χ1) is 9.34. The topological polar surface area (TPSA) is 70.7 Å². The molecule has 6 heteroatoms. The zero-order valence-corrected chi connectivity index (χ0v) is 11.4. The molecule has 0 saturated heterocycles. The van der Waals surface area contributed by atoms with E-state index in [1.807, 2.05) is 5.38 Å². The minimum Gasteiger partial charge on any atom is -0.350 e. The molecule has 2 aromatic rings. The maximum absolute atomic E-state index is 12.1. The summed E-state index contributed by atoms with van der Waals surface area (Å²) >= 11 is 1.57. The number of amides is 1. The summed E-state index contributed by atoms with van der Waals surface area (Å²) in [7, 11) is 0. The van der Waals surface area contributed by atoms with E-state index in [9.17, 15) is 4.79 Å². The van der Waals surface area contributed by atoms with Crippen molar-refractivity contribution in [2.24, 2.45) is 0 Å². The van der Waals surface area contributed by atoms with Crippen LogP contribution in [0.4, 0.5) is 0 Å². The predicted molar refractivity (Wildman–Crippen MR) is 73.4 cm³/mol. The summed E-state index contributed by atoms with van der Waals surface area (Å²) in [4.78, 5) is 16.3. The highest BCUT2D eigenvalue weighted by Crippen LogP contribution is 2.21. The number of hydrogen-bond acceptors (Lipinski definition) is 4. The standard InChI is InChI=1S/C13H16N4OS/c18-13(14-6-5-9-7-19-8-15-9)12-10-3-1-2-4-11(10)16-17-12/h7-8H,1-6H2,(H,14,18)(H,16,17). The molecule has 100 valence electrons. The van der Waals surface area contributed by atoms with Gasteiger partial charge in [0.15, 0.2) is 5.69 Å². The molecule has 3 rings (SSSR count). The van der Waals surface area contributed by atoms with Gasteiger partial charge in [0, 0.05) is 29.6 Å². The third-order valence-corrected chi connectivity index (χ3v) is 4.06. The summed E-state index contributed by atoms with van der Waals surface area (Å²) in [6.45, 7) is 0.601. The van der Waals surface area contributed by atoms with E-state index in [0.29, 0.717) is 12.2 Å². The molecular formula is C13H16N4OS. The van der Waals surface area contributed by atoms with Gasteiger partial charge in [-0.15, -0.1) is 11.3 Å². The van der Waals surface area contributed by atoms with Crippen LogP contribution in [0.1, 0.15) is 40.3 Å². The molecule has 0 fully saturated rings. The van der Waals surface area contributed by atoms with Crippen LogP contribution < -0.4 is 5.32 Å². The zero-order valence-electron chi connectivity index (χ0n) is 10.6. The van der Waals surface area contributed by atoms with Crippen LogP contribution in [-0.2, 0) is 19.3 Å². The average molecular weight is 276 g/mol. The molecule has 0 bridgehead atoms. The number of hydrogen-bond donors (Lipinski definition) is 2. The third kappa shape index (κ3) is 2.68. The van der Waals surface area contributed by atoms with E-state index in [0.717, 1.165) is 42.6 Å². The van der Waals surface area contributed by atoms with Gasteiger partial charge in [0.1, 0.15) is 0 Å². The van der Waals surface area contributed by atoms with E-state index >= 15 is 0 Å². The van der Waals surface area contributed by atoms with E-state index in [2.05, 4.69) is 20.5 Å². The molecule has 0 unspecified atom stereocenters. The molecule has 19 heavy (non-hydrogen) atoms. The van der Waals surface area contributed by atoms with Crippen LogP contribution in [0.3, 0.4) is 0 Å². The Labute approximate surface area is 115 Å². The molecule has 0 spiro atoms. The van der Waals surface area contributed by atoms with Gasteiger partial charge in [-0.1, -0.05) is 0 Å². The first-order valence-electron chi connectivity index (χ1n) is 6.56. The van der Waals surface area contributed by atoms with E-state index in [1.165, 1.54) is 6.42 Å². The fourth-order valence-corrected chi connectivity index (χ4v) is 3.01. The van der Waals surface area contributed by atoms with Crippen molar-refractivity contribution in [3.05, 3.63) is 33.5 Å². The number of rotatable bonds is 4. The van der Waals surface area contributed by atoms with Crippen LogP contribution in [0.15, 0.2) is 10.9 Å². The van der Waals surface area contributed by atoms with Gasteiger partial charge >= 0.3 is 0 Å². The van der Waals surface area contributed by atoms with E-state index < -0.39 is 0 Å². The second-order valence-corrected chi connectivity index (χ2v) is 5.44. The van der Waals surface area contributed by atoms with Gasteiger partial charge in [0.25, 0.3) is 5.91 Å². The summed E-state index contributed by atoms with van der Waals surface area (Å²) in [5.74, 6) is -0.0744. The van der Waals surface area contributed by atoms with Crippen molar-refractivity contribution < 1.29 is 4.79 Å². The number of aromatic nitrogens is 3. The number of aryl methyl sites for hydroxylation is 1. The van der Waals surface area contributed by atoms with E-state index in [1.54, 1.807) is 16.8 Å². The van der Waals surface area contributed by atoms with Crippen molar-refractivity contribution in [1.82, 2.24) is 20.5 Å². The Morgan fingerprint density at radius 1 is 1.42 bits per heavy atom. The Hall–Kier alpha value is -1.69. The minimum atomic E-state index is -0.0744. The van der Waals surface area contributed by atoms with E-state index in [-0.39, 0.29) is 5.91 Å². The minimum absolute atomic E-state index is 0.0744. The van der Waals surface area contributed by atoms with Crippen molar-refractivity contribution in [3.63, 3.8) is 0 Å². The first-order valence-corrected chi connectivity index (χ1v) is 7.50. The molecule has 2 N–H and O–H groups in total. The largest absolute Gasteiger partial charge is 0.350 e. The summed E-state index contributed by atoms with van der Waals surface area (Å²) in [5, 5.41) is 12.1. The second kappa shape index (κ2) is 5.52. The van der Waals surface area contributed by atoms with Gasteiger partial charge in [-0.3, -0.25) is 9.89 Å². The highest BCUT2D eigenvalue weighted by Gasteiger charge is 2.21. The van der Waals surface area contributed by atoms with Crippen LogP contribution in [0.2, 0.25) is 0 Å². The van der Waals surface area contributed by atoms with Gasteiger partial charge in [0.05, 0.1) is 11.2 Å². The Morgan fingerprint density at radius 3 is 3.16 bits per heavy atom. The van der Waals surface area contributed by atoms with Gasteiger partial charge in [0.2, 0.25) is 0 Å². The van der Waals surface area contributed by atoms with Crippen molar-refractivity contribution in [1.29, 1.82) is 0 Å². The third-order valence-electron chi connectivity index (χ3n) is 3.42. The van der Waals surface area contributed by atoms with Crippen molar-refractivity contribution in [2.75, 3.05) is 6.54 Å². The number of carbonyl (C=O) groups is 1. The maximum atomic E-state index is 12.1. The highest BCUT2D eigenvalue weighted by molar-refractivity contribution is 7.07. The van der Waals surface area contributed by atoms with Gasteiger partial charge < -0.3 is 5.32 Å². The Morgan fingerprint density at radius 2 is 2.32 bits per heavy atom. The average Bonchev–Trinajstić information content (AvgIpc) is 3.07. The van der Waals surface area contributed by atoms with Crippen LogP contribution >= 0.6 is 11.3 Å². The predicted octanol–water partition coefficient (Wildman–Crippen LogP) is 1.72. The number of H-pyrrole nitrogens is 1. The number of nitrogens with zero attached hydrogens (tertiary/aromatic N) is 2. The number of nitrogens with one attached hydrogen (secondary N) is 2. The van der Waals surface area contributed by atoms with Gasteiger partial charge in [-0.2, -0.15) is 5.10 Å². The summed E-state index contributed by atoms with van der Waals surface area (Å²) in [6.07, 6.45) is 5.06. The lowest BCUT2D eigenvalue weighted by Crippen LogP contribution is -2.27. The molecule has 2 aromatic heterocycles. The van der Waals surface area contributed by atoms with Gasteiger partial charge in [-0.25, -0.2) is 4.98 Å².